The molecule has 1 aromatic heterocycles. The maximum Gasteiger partial charge on any atom is 0.290 e. The molecule has 0 bridgehead atoms. The molecule has 4 nitrogen and oxygen atoms in total. The highest BCUT2D eigenvalue weighted by atomic mass is 79.9. The van der Waals surface area contributed by atoms with Crippen molar-refractivity contribution in [1.82, 2.24) is 4.98 Å². The second kappa shape index (κ2) is 5.47. The van der Waals surface area contributed by atoms with Gasteiger partial charge in [0.1, 0.15) is 4.60 Å². The van der Waals surface area contributed by atoms with E-state index >= 15 is 0 Å². The number of carboxylic acid groups (broad SMARTS) is 1. The molecule has 0 radical (unpaired) electrons. The predicted molar refractivity (Wildman–Crippen MR) is 49.7 cm³/mol. The number of hydrogen-bond donors (Lipinski definition) is 2. The fourth-order valence-electron chi connectivity index (χ4n) is 0.566. The van der Waals surface area contributed by atoms with Crippen molar-refractivity contribution in [3.63, 3.8) is 0 Å². The van der Waals surface area contributed by atoms with Crippen molar-refractivity contribution in [3.05, 3.63) is 22.2 Å². The van der Waals surface area contributed by atoms with E-state index in [9.17, 15) is 4.39 Å². The average molecular weight is 251 g/mol. The van der Waals surface area contributed by atoms with Crippen LogP contribution < -0.4 is 5.73 Å². The van der Waals surface area contributed by atoms with Crippen molar-refractivity contribution in [2.24, 2.45) is 0 Å². The maximum atomic E-state index is 12.6. The van der Waals surface area contributed by atoms with Crippen LogP contribution in [0.5, 0.6) is 0 Å². The SMILES string of the molecule is Cc1nc(Br)c(F)cc1N.O=CO. The molecule has 1 aromatic rings. The van der Waals surface area contributed by atoms with Gasteiger partial charge in [-0.2, -0.15) is 0 Å². The summed E-state index contributed by atoms with van der Waals surface area (Å²) in [6, 6.07) is 1.24. The van der Waals surface area contributed by atoms with E-state index in [1.807, 2.05) is 0 Å². The van der Waals surface area contributed by atoms with Crippen LogP contribution >= 0.6 is 15.9 Å². The van der Waals surface area contributed by atoms with Crippen molar-refractivity contribution < 1.29 is 14.3 Å². The highest BCUT2D eigenvalue weighted by molar-refractivity contribution is 9.10. The zero-order valence-corrected chi connectivity index (χ0v) is 8.38. The third kappa shape index (κ3) is 3.84. The normalized spacial score (nSPS) is 8.54. The number of pyridine rings is 1. The Morgan fingerprint density at radius 1 is 1.77 bits per heavy atom. The van der Waals surface area contributed by atoms with Gasteiger partial charge in [-0.1, -0.05) is 0 Å². The fourth-order valence-corrected chi connectivity index (χ4v) is 0.946. The van der Waals surface area contributed by atoms with Crippen LogP contribution in [0, 0.1) is 12.7 Å². The van der Waals surface area contributed by atoms with Crippen LogP contribution in [-0.2, 0) is 4.79 Å². The lowest BCUT2D eigenvalue weighted by molar-refractivity contribution is -0.122. The fraction of sp³-hybridized carbons (Fsp3) is 0.143. The van der Waals surface area contributed by atoms with Gasteiger partial charge in [0.2, 0.25) is 0 Å². The minimum atomic E-state index is -0.428. The Kier molecular flexibility index (Phi) is 4.98. The highest BCUT2D eigenvalue weighted by Crippen LogP contribution is 2.17. The average Bonchev–Trinajstić information content (AvgIpc) is 2.03. The summed E-state index contributed by atoms with van der Waals surface area (Å²) in [5.41, 5.74) is 6.37. The summed E-state index contributed by atoms with van der Waals surface area (Å²) in [6.45, 7) is 1.47. The summed E-state index contributed by atoms with van der Waals surface area (Å²) < 4.78 is 12.8. The first-order valence-electron chi connectivity index (χ1n) is 3.19. The lowest BCUT2D eigenvalue weighted by Gasteiger charge is -1.99. The summed E-state index contributed by atoms with van der Waals surface area (Å²) in [5, 5.41) is 6.89. The molecule has 0 unspecified atom stereocenters. The van der Waals surface area contributed by atoms with E-state index in [-0.39, 0.29) is 11.1 Å². The van der Waals surface area contributed by atoms with Gasteiger partial charge in [0.05, 0.1) is 11.4 Å². The Labute approximate surface area is 82.7 Å². The summed E-state index contributed by atoms with van der Waals surface area (Å²) in [4.78, 5) is 12.2. The van der Waals surface area contributed by atoms with Crippen molar-refractivity contribution in [2.75, 3.05) is 5.73 Å². The number of anilines is 1. The van der Waals surface area contributed by atoms with E-state index < -0.39 is 5.82 Å². The predicted octanol–water partition coefficient (Wildman–Crippen LogP) is 1.57. The minimum Gasteiger partial charge on any atom is -0.483 e. The number of hydrogen-bond acceptors (Lipinski definition) is 3. The van der Waals surface area contributed by atoms with Crippen molar-refractivity contribution in [1.29, 1.82) is 0 Å². The number of halogens is 2. The first-order chi connectivity index (χ1) is 6.02. The van der Waals surface area contributed by atoms with Gasteiger partial charge in [-0.25, -0.2) is 9.37 Å². The minimum absolute atomic E-state index is 0.208. The quantitative estimate of drug-likeness (QED) is 0.542. The Morgan fingerprint density at radius 3 is 2.62 bits per heavy atom. The van der Waals surface area contributed by atoms with Crippen LogP contribution in [0.1, 0.15) is 5.69 Å². The smallest absolute Gasteiger partial charge is 0.290 e. The van der Waals surface area contributed by atoms with Gasteiger partial charge < -0.3 is 10.8 Å². The molecule has 0 amide bonds. The van der Waals surface area contributed by atoms with Gasteiger partial charge >= 0.3 is 0 Å². The van der Waals surface area contributed by atoms with Crippen LogP contribution in [0.3, 0.4) is 0 Å². The third-order valence-corrected chi connectivity index (χ3v) is 1.72. The van der Waals surface area contributed by atoms with Crippen LogP contribution in [-0.4, -0.2) is 16.6 Å². The molecule has 0 aromatic carbocycles. The zero-order valence-electron chi connectivity index (χ0n) is 6.79. The van der Waals surface area contributed by atoms with E-state index in [0.717, 1.165) is 0 Å². The van der Waals surface area contributed by atoms with Gasteiger partial charge in [0.25, 0.3) is 6.47 Å². The number of aromatic nitrogens is 1. The summed E-state index contributed by atoms with van der Waals surface area (Å²) in [6.07, 6.45) is 0. The van der Waals surface area contributed by atoms with E-state index in [2.05, 4.69) is 20.9 Å². The molecular formula is C7H8BrFN2O2. The number of nitrogen functional groups attached to an aromatic ring is 1. The van der Waals surface area contributed by atoms with Crippen LogP contribution in [0.15, 0.2) is 10.7 Å². The molecule has 6 heteroatoms. The lowest BCUT2D eigenvalue weighted by atomic mass is 10.3. The zero-order chi connectivity index (χ0) is 10.4. The maximum absolute atomic E-state index is 12.6. The molecule has 0 fully saturated rings. The van der Waals surface area contributed by atoms with Crippen LogP contribution in [0.2, 0.25) is 0 Å². The van der Waals surface area contributed by atoms with Gasteiger partial charge in [-0.3, -0.25) is 4.79 Å². The van der Waals surface area contributed by atoms with Gasteiger partial charge in [0, 0.05) is 6.07 Å². The van der Waals surface area contributed by atoms with E-state index in [4.69, 9.17) is 15.6 Å². The van der Waals surface area contributed by atoms with Crippen molar-refractivity contribution >= 4 is 28.1 Å². The second-order valence-electron chi connectivity index (χ2n) is 2.04. The molecule has 0 aliphatic rings. The number of aryl methyl sites for hydroxylation is 1. The molecule has 0 aliphatic carbocycles. The third-order valence-electron chi connectivity index (χ3n) is 1.16. The van der Waals surface area contributed by atoms with Gasteiger partial charge in [0.15, 0.2) is 5.82 Å². The van der Waals surface area contributed by atoms with E-state index in [1.165, 1.54) is 6.07 Å². The monoisotopic (exact) mass is 250 g/mol. The van der Waals surface area contributed by atoms with E-state index in [1.54, 1.807) is 6.92 Å². The number of carbonyl (C=O) groups is 1. The first kappa shape index (κ1) is 11.8. The Bertz CT molecular complexity index is 257. The molecule has 1 heterocycles. The van der Waals surface area contributed by atoms with Crippen LogP contribution in [0.4, 0.5) is 10.1 Å². The lowest BCUT2D eigenvalue weighted by Crippen LogP contribution is -1.95. The Balaban J connectivity index is 0.000000424. The number of nitrogens with zero attached hydrogens (tertiary/aromatic N) is 1. The molecule has 0 saturated heterocycles. The Hall–Kier alpha value is -1.17. The molecule has 72 valence electrons. The van der Waals surface area contributed by atoms with E-state index in [0.29, 0.717) is 11.4 Å². The summed E-state index contributed by atoms with van der Waals surface area (Å²) >= 11 is 2.94. The standard InChI is InChI=1S/C6H6BrFN2.CH2O2/c1-3-5(9)2-4(8)6(7)10-3;2-1-3/h2H,9H2,1H3;1H,(H,2,3). The van der Waals surface area contributed by atoms with Crippen molar-refractivity contribution in [3.8, 4) is 0 Å². The first-order valence-corrected chi connectivity index (χ1v) is 3.98. The molecular weight excluding hydrogens is 243 g/mol. The highest BCUT2D eigenvalue weighted by Gasteiger charge is 2.02. The second-order valence-corrected chi connectivity index (χ2v) is 2.79. The van der Waals surface area contributed by atoms with Crippen molar-refractivity contribution in [2.45, 2.75) is 6.92 Å². The van der Waals surface area contributed by atoms with Gasteiger partial charge in [-0.15, -0.1) is 0 Å². The molecule has 13 heavy (non-hydrogen) atoms. The summed E-state index contributed by atoms with van der Waals surface area (Å²) in [7, 11) is 0. The number of rotatable bonds is 0. The molecule has 3 N–H and O–H groups in total. The number of nitrogens with two attached hydrogens (primary N) is 1. The van der Waals surface area contributed by atoms with Gasteiger partial charge in [-0.05, 0) is 22.9 Å². The topological polar surface area (TPSA) is 76.2 Å². The molecule has 0 spiro atoms. The summed E-state index contributed by atoms with van der Waals surface area (Å²) in [5.74, 6) is -0.428. The Morgan fingerprint density at radius 2 is 2.23 bits per heavy atom. The van der Waals surface area contributed by atoms with Crippen LogP contribution in [0.25, 0.3) is 0 Å². The molecule has 1 rings (SSSR count). The molecule has 0 aliphatic heterocycles. The largest absolute Gasteiger partial charge is 0.483 e. The molecule has 0 atom stereocenters. The molecule has 0 saturated carbocycles.